The van der Waals surface area contributed by atoms with Gasteiger partial charge < -0.3 is 11.1 Å². The summed E-state index contributed by atoms with van der Waals surface area (Å²) < 4.78 is 45.8. The fraction of sp³-hybridized carbons (Fsp3) is 0.290. The van der Waals surface area contributed by atoms with E-state index in [4.69, 9.17) is 5.73 Å². The Bertz CT molecular complexity index is 1710. The van der Waals surface area contributed by atoms with Gasteiger partial charge in [0.2, 0.25) is 5.91 Å². The molecule has 5 rings (SSSR count). The van der Waals surface area contributed by atoms with Crippen LogP contribution < -0.4 is 16.6 Å². The molecule has 218 valence electrons. The van der Waals surface area contributed by atoms with Crippen molar-refractivity contribution in [1.82, 2.24) is 19.7 Å². The number of nitrogens with zero attached hydrogens (tertiary/aromatic N) is 3. The summed E-state index contributed by atoms with van der Waals surface area (Å²) in [7, 11) is 0. The van der Waals surface area contributed by atoms with Gasteiger partial charge in [0.15, 0.2) is 0 Å². The molecule has 1 aliphatic rings. The maximum atomic E-state index is 14.2. The zero-order chi connectivity index (χ0) is 30.0. The van der Waals surface area contributed by atoms with Crippen LogP contribution in [0.4, 0.5) is 13.2 Å². The molecule has 0 bridgehead atoms. The molecule has 0 aliphatic heterocycles. The highest BCUT2D eigenvalue weighted by Gasteiger charge is 2.26. The second-order valence-corrected chi connectivity index (χ2v) is 10.3. The van der Waals surface area contributed by atoms with E-state index in [1.807, 2.05) is 6.92 Å². The molecule has 0 spiro atoms. The van der Waals surface area contributed by atoms with Crippen molar-refractivity contribution >= 4 is 11.8 Å². The first-order chi connectivity index (χ1) is 20.2. The summed E-state index contributed by atoms with van der Waals surface area (Å²) in [5, 5.41) is 2.95. The number of nitrogens with one attached hydrogen (secondary N) is 1. The number of carbonyl (C=O) groups excluding carboxylic acids is 2. The van der Waals surface area contributed by atoms with Gasteiger partial charge in [0.1, 0.15) is 24.0 Å². The summed E-state index contributed by atoms with van der Waals surface area (Å²) in [6.07, 6.45) is 4.65. The molecule has 2 amide bonds. The highest BCUT2D eigenvalue weighted by atomic mass is 19.1. The molecule has 0 unspecified atom stereocenters. The van der Waals surface area contributed by atoms with Crippen LogP contribution in [0.15, 0.2) is 59.5 Å². The number of amides is 2. The summed E-state index contributed by atoms with van der Waals surface area (Å²) in [5.74, 6) is -3.71. The van der Waals surface area contributed by atoms with Crippen LogP contribution in [-0.4, -0.2) is 26.2 Å². The fourth-order valence-corrected chi connectivity index (χ4v) is 5.69. The van der Waals surface area contributed by atoms with Crippen LogP contribution in [0.2, 0.25) is 0 Å². The van der Waals surface area contributed by atoms with Gasteiger partial charge in [0, 0.05) is 35.6 Å². The average molecular weight is 578 g/mol. The number of benzene rings is 2. The topological polar surface area (TPSA) is 112 Å². The van der Waals surface area contributed by atoms with E-state index < -0.39 is 35.3 Å². The Kier molecular flexibility index (Phi) is 8.28. The van der Waals surface area contributed by atoms with Crippen LogP contribution in [-0.2, 0) is 37.1 Å². The molecule has 0 fully saturated rings. The molecule has 2 aromatic carbocycles. The smallest absolute Gasteiger partial charge is 0.270 e. The molecule has 1 atom stereocenters. The van der Waals surface area contributed by atoms with Crippen molar-refractivity contribution in [2.24, 2.45) is 5.73 Å². The van der Waals surface area contributed by atoms with Crippen molar-refractivity contribution in [3.05, 3.63) is 111 Å². The van der Waals surface area contributed by atoms with Crippen LogP contribution >= 0.6 is 0 Å². The van der Waals surface area contributed by atoms with Gasteiger partial charge in [0.25, 0.3) is 11.5 Å². The van der Waals surface area contributed by atoms with Crippen LogP contribution in [0, 0.1) is 17.5 Å². The lowest BCUT2D eigenvalue weighted by Gasteiger charge is -2.23. The lowest BCUT2D eigenvalue weighted by Crippen LogP contribution is -2.36. The van der Waals surface area contributed by atoms with Crippen LogP contribution in [0.1, 0.15) is 58.7 Å². The highest BCUT2D eigenvalue weighted by Crippen LogP contribution is 2.30. The predicted molar refractivity (Wildman–Crippen MR) is 150 cm³/mol. The normalized spacial score (nSPS) is 13.4. The second kappa shape index (κ2) is 12.1. The average Bonchev–Trinajstić information content (AvgIpc) is 3.22. The minimum absolute atomic E-state index is 0.0291. The van der Waals surface area contributed by atoms with E-state index in [2.05, 4.69) is 10.3 Å². The molecular formula is C31H30F3N5O3. The summed E-state index contributed by atoms with van der Waals surface area (Å²) in [6, 6.07) is 9.40. The molecule has 2 aromatic heterocycles. The Labute approximate surface area is 240 Å². The first kappa shape index (κ1) is 28.8. The summed E-state index contributed by atoms with van der Waals surface area (Å²) in [5.41, 5.74) is 8.00. The molecule has 2 heterocycles. The standard InChI is InChI=1S/C31H30F3N5O3/c1-2-38-31(42)23-6-3-4-8-27(23)39(38)17-28(40)37-26(14-18-12-20(32)16-21(33)13-18)29-22(7-5-11-36-29)19-9-10-25(34)24(15-19)30(35)41/h5,7,9-13,15-16,26H,2-4,6,8,14,17H2,1H3,(H2,35,41)(H,37,40)/t26-/m0/s1. The van der Waals surface area contributed by atoms with E-state index >= 15 is 0 Å². The number of rotatable bonds is 9. The van der Waals surface area contributed by atoms with Gasteiger partial charge in [-0.05, 0) is 80.5 Å². The number of hydrogen-bond acceptors (Lipinski definition) is 4. The SMILES string of the molecule is CCn1c(=O)c2c(n1CC(=O)N[C@@H](Cc1cc(F)cc(F)c1)c1ncccc1-c1ccc(F)c(C(N)=O)c1)CCCC2. The molecule has 8 nitrogen and oxygen atoms in total. The van der Waals surface area contributed by atoms with Crippen LogP contribution in [0.25, 0.3) is 11.1 Å². The summed E-state index contributed by atoms with van der Waals surface area (Å²) >= 11 is 0. The molecule has 11 heteroatoms. The Hall–Kier alpha value is -4.67. The Morgan fingerprint density at radius 3 is 2.48 bits per heavy atom. The minimum atomic E-state index is -0.947. The fourth-order valence-electron chi connectivity index (χ4n) is 5.69. The quantitative estimate of drug-likeness (QED) is 0.310. The third kappa shape index (κ3) is 5.86. The lowest BCUT2D eigenvalue weighted by molar-refractivity contribution is -0.122. The monoisotopic (exact) mass is 577 g/mol. The molecule has 4 aromatic rings. The molecule has 1 aliphatic carbocycles. The van der Waals surface area contributed by atoms with Gasteiger partial charge in [-0.1, -0.05) is 12.1 Å². The number of primary amides is 1. The van der Waals surface area contributed by atoms with E-state index in [1.165, 1.54) is 30.5 Å². The molecule has 0 radical (unpaired) electrons. The Morgan fingerprint density at radius 2 is 1.76 bits per heavy atom. The van der Waals surface area contributed by atoms with Gasteiger partial charge in [-0.25, -0.2) is 13.2 Å². The number of nitrogens with two attached hydrogens (primary N) is 1. The highest BCUT2D eigenvalue weighted by molar-refractivity contribution is 5.94. The number of carbonyl (C=O) groups is 2. The van der Waals surface area contributed by atoms with Gasteiger partial charge in [-0.2, -0.15) is 0 Å². The van der Waals surface area contributed by atoms with Gasteiger partial charge >= 0.3 is 0 Å². The first-order valence-corrected chi connectivity index (χ1v) is 13.8. The first-order valence-electron chi connectivity index (χ1n) is 13.8. The largest absolute Gasteiger partial charge is 0.366 e. The minimum Gasteiger partial charge on any atom is -0.366 e. The molecule has 0 saturated carbocycles. The van der Waals surface area contributed by atoms with Crippen molar-refractivity contribution in [1.29, 1.82) is 0 Å². The number of halogens is 3. The molecule has 42 heavy (non-hydrogen) atoms. The van der Waals surface area contributed by atoms with Gasteiger partial charge in [-0.3, -0.25) is 28.7 Å². The zero-order valence-corrected chi connectivity index (χ0v) is 23.0. The zero-order valence-electron chi connectivity index (χ0n) is 23.0. The third-order valence-electron chi connectivity index (χ3n) is 7.54. The van der Waals surface area contributed by atoms with Crippen LogP contribution in [0.5, 0.6) is 0 Å². The van der Waals surface area contributed by atoms with Crippen molar-refractivity contribution in [2.75, 3.05) is 0 Å². The Morgan fingerprint density at radius 1 is 1.02 bits per heavy atom. The summed E-state index contributed by atoms with van der Waals surface area (Å²) in [4.78, 5) is 42.9. The Balaban J connectivity index is 1.54. The van der Waals surface area contributed by atoms with Gasteiger partial charge in [0.05, 0.1) is 17.3 Å². The predicted octanol–water partition coefficient (Wildman–Crippen LogP) is 4.23. The van der Waals surface area contributed by atoms with E-state index in [1.54, 1.807) is 21.5 Å². The van der Waals surface area contributed by atoms with E-state index in [9.17, 15) is 27.6 Å². The lowest BCUT2D eigenvalue weighted by atomic mass is 9.94. The van der Waals surface area contributed by atoms with Crippen LogP contribution in [0.3, 0.4) is 0 Å². The molecule has 3 N–H and O–H groups in total. The number of pyridine rings is 1. The molecule has 0 saturated heterocycles. The van der Waals surface area contributed by atoms with E-state index in [-0.39, 0.29) is 29.7 Å². The van der Waals surface area contributed by atoms with Crippen molar-refractivity contribution < 1.29 is 22.8 Å². The number of hydrogen-bond donors (Lipinski definition) is 2. The maximum Gasteiger partial charge on any atom is 0.270 e. The number of fused-ring (bicyclic) bond motifs is 1. The second-order valence-electron chi connectivity index (χ2n) is 10.3. The van der Waals surface area contributed by atoms with Gasteiger partial charge in [-0.15, -0.1) is 0 Å². The summed E-state index contributed by atoms with van der Waals surface area (Å²) in [6.45, 7) is 2.09. The number of aromatic nitrogens is 3. The van der Waals surface area contributed by atoms with E-state index in [0.717, 1.165) is 36.2 Å². The van der Waals surface area contributed by atoms with Crippen molar-refractivity contribution in [3.63, 3.8) is 0 Å². The maximum absolute atomic E-state index is 14.2. The van der Waals surface area contributed by atoms with Crippen molar-refractivity contribution in [2.45, 2.75) is 58.2 Å². The van der Waals surface area contributed by atoms with E-state index in [0.29, 0.717) is 36.2 Å². The third-order valence-corrected chi connectivity index (χ3v) is 7.54. The van der Waals surface area contributed by atoms with Crippen molar-refractivity contribution in [3.8, 4) is 11.1 Å². The molecular weight excluding hydrogens is 547 g/mol.